The summed E-state index contributed by atoms with van der Waals surface area (Å²) in [4.78, 5) is 12.6. The number of carbonyl (C=O) groups is 1. The minimum absolute atomic E-state index is 0.0507. The van der Waals surface area contributed by atoms with Gasteiger partial charge in [-0.1, -0.05) is 12.1 Å². The molecule has 140 valence electrons. The molecule has 1 aromatic carbocycles. The van der Waals surface area contributed by atoms with Crippen molar-refractivity contribution in [1.82, 2.24) is 15.1 Å². The van der Waals surface area contributed by atoms with E-state index in [2.05, 4.69) is 15.7 Å². The molecule has 1 saturated heterocycles. The summed E-state index contributed by atoms with van der Waals surface area (Å²) in [6.07, 6.45) is -1.39. The van der Waals surface area contributed by atoms with Crippen molar-refractivity contribution in [2.45, 2.75) is 24.9 Å². The lowest BCUT2D eigenvalue weighted by Gasteiger charge is -2.17. The summed E-state index contributed by atoms with van der Waals surface area (Å²) in [5, 5.41) is 10.3. The summed E-state index contributed by atoms with van der Waals surface area (Å²) in [7, 11) is 1.83. The first kappa shape index (κ1) is 18.4. The van der Waals surface area contributed by atoms with Crippen LogP contribution in [-0.4, -0.2) is 35.0 Å². The van der Waals surface area contributed by atoms with Crippen LogP contribution in [0.15, 0.2) is 36.7 Å². The minimum atomic E-state index is -4.16. The predicted octanol–water partition coefficient (Wildman–Crippen LogP) is 2.86. The van der Waals surface area contributed by atoms with Gasteiger partial charge in [0.15, 0.2) is 0 Å². The number of nitrogens with one attached hydrogen (secondary N) is 2. The van der Waals surface area contributed by atoms with Crippen molar-refractivity contribution >= 4 is 11.6 Å². The second kappa shape index (κ2) is 7.49. The molecule has 0 saturated carbocycles. The summed E-state index contributed by atoms with van der Waals surface area (Å²) in [6, 6.07) is 6.52. The molecule has 1 amide bonds. The average molecular weight is 366 g/mol. The molecule has 1 fully saturated rings. The fourth-order valence-corrected chi connectivity index (χ4v) is 3.21. The molecule has 26 heavy (non-hydrogen) atoms. The van der Waals surface area contributed by atoms with E-state index in [9.17, 15) is 18.0 Å². The zero-order chi connectivity index (χ0) is 18.7. The number of carbonyl (C=O) groups excluding carboxylic acids is 1. The van der Waals surface area contributed by atoms with E-state index >= 15 is 0 Å². The van der Waals surface area contributed by atoms with E-state index in [0.717, 1.165) is 5.56 Å². The minimum Gasteiger partial charge on any atom is -0.326 e. The van der Waals surface area contributed by atoms with Gasteiger partial charge in [0.05, 0.1) is 12.1 Å². The number of aryl methyl sites for hydroxylation is 2. The van der Waals surface area contributed by atoms with Gasteiger partial charge in [0.1, 0.15) is 0 Å². The van der Waals surface area contributed by atoms with Crippen LogP contribution in [0, 0.1) is 5.92 Å². The van der Waals surface area contributed by atoms with Crippen LogP contribution in [-0.2, 0) is 18.3 Å². The third-order valence-corrected chi connectivity index (χ3v) is 4.62. The molecule has 0 unspecified atom stereocenters. The normalized spacial score (nSPS) is 20.3. The largest absolute Gasteiger partial charge is 0.389 e. The molecule has 0 bridgehead atoms. The molecule has 1 aliphatic heterocycles. The molecule has 5 nitrogen and oxygen atoms in total. The van der Waals surface area contributed by atoms with Gasteiger partial charge in [-0.25, -0.2) is 0 Å². The maximum absolute atomic E-state index is 12.6. The molecule has 0 radical (unpaired) electrons. The van der Waals surface area contributed by atoms with Gasteiger partial charge in [-0.3, -0.25) is 9.48 Å². The van der Waals surface area contributed by atoms with Crippen LogP contribution in [0.2, 0.25) is 0 Å². The van der Waals surface area contributed by atoms with Gasteiger partial charge in [0, 0.05) is 44.4 Å². The Balaban J connectivity index is 1.60. The van der Waals surface area contributed by atoms with Crippen LogP contribution >= 0.6 is 0 Å². The van der Waals surface area contributed by atoms with Crippen molar-refractivity contribution in [1.29, 1.82) is 0 Å². The Morgan fingerprint density at radius 1 is 1.31 bits per heavy atom. The topological polar surface area (TPSA) is 59.0 Å². The van der Waals surface area contributed by atoms with Gasteiger partial charge in [0.2, 0.25) is 5.91 Å². The number of anilines is 1. The Hall–Kier alpha value is -2.35. The molecule has 0 aliphatic carbocycles. The smallest absolute Gasteiger partial charge is 0.326 e. The number of rotatable bonds is 5. The van der Waals surface area contributed by atoms with Crippen molar-refractivity contribution in [3.05, 3.63) is 47.8 Å². The summed E-state index contributed by atoms with van der Waals surface area (Å²) < 4.78 is 38.5. The second-order valence-electron chi connectivity index (χ2n) is 6.62. The molecule has 1 aromatic heterocycles. The highest BCUT2D eigenvalue weighted by Gasteiger charge is 2.34. The van der Waals surface area contributed by atoms with Crippen molar-refractivity contribution in [2.24, 2.45) is 13.0 Å². The maximum atomic E-state index is 12.6. The van der Waals surface area contributed by atoms with Gasteiger partial charge >= 0.3 is 6.18 Å². The summed E-state index contributed by atoms with van der Waals surface area (Å²) in [5.74, 6) is -0.272. The summed E-state index contributed by atoms with van der Waals surface area (Å²) in [5.41, 5.74) is 2.19. The Labute approximate surface area is 149 Å². The molecule has 2 atom stereocenters. The summed E-state index contributed by atoms with van der Waals surface area (Å²) >= 11 is 0. The number of amides is 1. The third-order valence-electron chi connectivity index (χ3n) is 4.62. The SMILES string of the molecule is Cn1cc([C@H]2CNC[C@@H]2C(=O)Nc2ccc(CCC(F)(F)F)cc2)cn1. The Morgan fingerprint density at radius 2 is 2.04 bits per heavy atom. The van der Waals surface area contributed by atoms with Crippen molar-refractivity contribution in [2.75, 3.05) is 18.4 Å². The number of aromatic nitrogens is 2. The molecule has 3 rings (SSSR count). The fourth-order valence-electron chi connectivity index (χ4n) is 3.21. The summed E-state index contributed by atoms with van der Waals surface area (Å²) in [6.45, 7) is 1.29. The zero-order valence-electron chi connectivity index (χ0n) is 14.4. The molecule has 0 spiro atoms. The van der Waals surface area contributed by atoms with Gasteiger partial charge in [-0.2, -0.15) is 18.3 Å². The second-order valence-corrected chi connectivity index (χ2v) is 6.62. The Bertz CT molecular complexity index is 755. The lowest BCUT2D eigenvalue weighted by atomic mass is 9.90. The number of alkyl halides is 3. The molecule has 2 aromatic rings. The van der Waals surface area contributed by atoms with Crippen molar-refractivity contribution < 1.29 is 18.0 Å². The molecular weight excluding hydrogens is 345 g/mol. The first-order valence-corrected chi connectivity index (χ1v) is 8.47. The molecule has 2 N–H and O–H groups in total. The molecule has 2 heterocycles. The first-order chi connectivity index (χ1) is 12.3. The quantitative estimate of drug-likeness (QED) is 0.856. The Kier molecular flexibility index (Phi) is 5.31. The van der Waals surface area contributed by atoms with Crippen LogP contribution in [0.4, 0.5) is 18.9 Å². The van der Waals surface area contributed by atoms with E-state index in [0.29, 0.717) is 24.3 Å². The number of hydrogen-bond acceptors (Lipinski definition) is 3. The van der Waals surface area contributed by atoms with Gasteiger partial charge in [-0.05, 0) is 29.7 Å². The van der Waals surface area contributed by atoms with Crippen LogP contribution in [0.1, 0.15) is 23.5 Å². The van der Waals surface area contributed by atoms with E-state index in [1.165, 1.54) is 0 Å². The third kappa shape index (κ3) is 4.63. The predicted molar refractivity (Wildman–Crippen MR) is 91.8 cm³/mol. The highest BCUT2D eigenvalue weighted by Crippen LogP contribution is 2.29. The molecular formula is C18H21F3N4O. The van der Waals surface area contributed by atoms with Crippen LogP contribution in [0.5, 0.6) is 0 Å². The maximum Gasteiger partial charge on any atom is 0.389 e. The monoisotopic (exact) mass is 366 g/mol. The van der Waals surface area contributed by atoms with Crippen LogP contribution in [0.25, 0.3) is 0 Å². The van der Waals surface area contributed by atoms with Crippen LogP contribution in [0.3, 0.4) is 0 Å². The standard InChI is InChI=1S/C18H21F3N4O/c1-25-11-13(8-23-25)15-9-22-10-16(15)17(26)24-14-4-2-12(3-5-14)6-7-18(19,20)21/h2-5,8,11,15-16,22H,6-7,9-10H2,1H3,(H,24,26)/t15-,16+/m1/s1. The van der Waals surface area contributed by atoms with Crippen molar-refractivity contribution in [3.63, 3.8) is 0 Å². The highest BCUT2D eigenvalue weighted by molar-refractivity contribution is 5.93. The van der Waals surface area contributed by atoms with Gasteiger partial charge < -0.3 is 10.6 Å². The number of nitrogens with zero attached hydrogens (tertiary/aromatic N) is 2. The van der Waals surface area contributed by atoms with Crippen LogP contribution < -0.4 is 10.6 Å². The molecule has 1 aliphatic rings. The van der Waals surface area contributed by atoms with E-state index in [1.807, 2.05) is 13.2 Å². The van der Waals surface area contributed by atoms with Gasteiger partial charge in [0.25, 0.3) is 0 Å². The number of hydrogen-bond donors (Lipinski definition) is 2. The highest BCUT2D eigenvalue weighted by atomic mass is 19.4. The fraction of sp³-hybridized carbons (Fsp3) is 0.444. The lowest BCUT2D eigenvalue weighted by Crippen LogP contribution is -2.28. The molecule has 8 heteroatoms. The Morgan fingerprint density at radius 3 is 2.65 bits per heavy atom. The van der Waals surface area contributed by atoms with Crippen molar-refractivity contribution in [3.8, 4) is 0 Å². The van der Waals surface area contributed by atoms with E-state index in [4.69, 9.17) is 0 Å². The van der Waals surface area contributed by atoms with E-state index < -0.39 is 12.6 Å². The van der Waals surface area contributed by atoms with E-state index in [1.54, 1.807) is 35.1 Å². The van der Waals surface area contributed by atoms with E-state index in [-0.39, 0.29) is 24.2 Å². The lowest BCUT2D eigenvalue weighted by molar-refractivity contribution is -0.134. The number of halogens is 3. The number of benzene rings is 1. The first-order valence-electron chi connectivity index (χ1n) is 8.47. The average Bonchev–Trinajstić information content (AvgIpc) is 3.22. The zero-order valence-corrected chi connectivity index (χ0v) is 14.4. The van der Waals surface area contributed by atoms with Gasteiger partial charge in [-0.15, -0.1) is 0 Å².